The molecule has 5 nitrogen and oxygen atoms in total. The van der Waals surface area contributed by atoms with Gasteiger partial charge in [-0.15, -0.1) is 0 Å². The summed E-state index contributed by atoms with van der Waals surface area (Å²) in [5, 5.41) is 19.4. The Hall–Kier alpha value is -1.88. The van der Waals surface area contributed by atoms with Crippen molar-refractivity contribution in [2.45, 2.75) is 6.92 Å². The number of hydrogen-bond donors (Lipinski definition) is 1. The van der Waals surface area contributed by atoms with Crippen molar-refractivity contribution in [3.8, 4) is 0 Å². The lowest BCUT2D eigenvalue weighted by Crippen LogP contribution is -1.94. The van der Waals surface area contributed by atoms with E-state index in [1.807, 2.05) is 0 Å². The number of halogens is 1. The van der Waals surface area contributed by atoms with Gasteiger partial charge in [0.05, 0.1) is 15.5 Å². The van der Waals surface area contributed by atoms with Crippen molar-refractivity contribution in [2.24, 2.45) is 0 Å². The summed E-state index contributed by atoms with van der Waals surface area (Å²) in [5.74, 6) is -1.16. The molecule has 0 fully saturated rings. The van der Waals surface area contributed by atoms with Gasteiger partial charge < -0.3 is 5.11 Å². The van der Waals surface area contributed by atoms with Crippen LogP contribution in [0.15, 0.2) is 18.2 Å². The Morgan fingerprint density at radius 1 is 1.56 bits per heavy atom. The molecule has 84 valence electrons. The Morgan fingerprint density at radius 3 is 2.69 bits per heavy atom. The van der Waals surface area contributed by atoms with E-state index in [0.29, 0.717) is 5.56 Å². The molecule has 16 heavy (non-hydrogen) atoms. The molecule has 0 saturated carbocycles. The molecule has 1 rings (SSSR count). The number of nitro benzene ring substituents is 1. The van der Waals surface area contributed by atoms with Gasteiger partial charge in [0.1, 0.15) is 0 Å². The van der Waals surface area contributed by atoms with Gasteiger partial charge in [0.15, 0.2) is 0 Å². The van der Waals surface area contributed by atoms with Gasteiger partial charge in [-0.1, -0.05) is 11.6 Å². The summed E-state index contributed by atoms with van der Waals surface area (Å²) in [6.07, 6.45) is 2.01. The minimum Gasteiger partial charge on any atom is -0.478 e. The number of nitrogens with zero attached hydrogens (tertiary/aromatic N) is 1. The molecular formula is C10H8ClNO4. The highest BCUT2D eigenvalue weighted by molar-refractivity contribution is 6.31. The summed E-state index contributed by atoms with van der Waals surface area (Å²) in [6, 6.07) is 2.68. The molecule has 0 unspecified atom stereocenters. The number of rotatable bonds is 3. The van der Waals surface area contributed by atoms with Crippen molar-refractivity contribution in [3.05, 3.63) is 44.5 Å². The normalized spacial score (nSPS) is 10.6. The molecular weight excluding hydrogens is 234 g/mol. The second-order valence-corrected chi connectivity index (χ2v) is 3.50. The monoisotopic (exact) mass is 241 g/mol. The fourth-order valence-electron chi connectivity index (χ4n) is 1.15. The van der Waals surface area contributed by atoms with Crippen LogP contribution in [0.5, 0.6) is 0 Å². The Balaban J connectivity index is 3.30. The van der Waals surface area contributed by atoms with E-state index in [-0.39, 0.29) is 16.3 Å². The van der Waals surface area contributed by atoms with Crippen LogP contribution >= 0.6 is 11.6 Å². The first kappa shape index (κ1) is 12.2. The molecule has 0 spiro atoms. The van der Waals surface area contributed by atoms with Crippen molar-refractivity contribution in [3.63, 3.8) is 0 Å². The molecule has 0 atom stereocenters. The van der Waals surface area contributed by atoms with Crippen LogP contribution in [0.4, 0.5) is 5.69 Å². The zero-order chi connectivity index (χ0) is 12.3. The van der Waals surface area contributed by atoms with Gasteiger partial charge in [0.25, 0.3) is 5.69 Å². The molecule has 1 N–H and O–H groups in total. The van der Waals surface area contributed by atoms with Crippen LogP contribution in [0.25, 0.3) is 6.08 Å². The van der Waals surface area contributed by atoms with Crippen LogP contribution < -0.4 is 0 Å². The van der Waals surface area contributed by atoms with Crippen LogP contribution in [-0.2, 0) is 4.79 Å². The van der Waals surface area contributed by atoms with Crippen LogP contribution in [-0.4, -0.2) is 16.0 Å². The molecule has 1 aromatic carbocycles. The third-order valence-electron chi connectivity index (χ3n) is 1.91. The highest BCUT2D eigenvalue weighted by atomic mass is 35.5. The van der Waals surface area contributed by atoms with E-state index in [1.165, 1.54) is 18.2 Å². The standard InChI is InChI=1S/C10H8ClNO4/c1-6-4-7(2-3-10(13)14)9(12(15)16)5-8(6)11/h2-5H,1H3,(H,13,14)/b3-2+. The minimum absolute atomic E-state index is 0.215. The number of hydrogen-bond acceptors (Lipinski definition) is 3. The first-order valence-corrected chi connectivity index (χ1v) is 4.65. The second kappa shape index (κ2) is 4.76. The Bertz CT molecular complexity index is 482. The van der Waals surface area contributed by atoms with E-state index in [4.69, 9.17) is 16.7 Å². The molecule has 1 aromatic rings. The fourth-order valence-corrected chi connectivity index (χ4v) is 1.30. The van der Waals surface area contributed by atoms with E-state index in [0.717, 1.165) is 6.08 Å². The Morgan fingerprint density at radius 2 is 2.19 bits per heavy atom. The Labute approximate surface area is 96.1 Å². The average Bonchev–Trinajstić information content (AvgIpc) is 2.18. The van der Waals surface area contributed by atoms with Crippen LogP contribution in [0.3, 0.4) is 0 Å². The van der Waals surface area contributed by atoms with Gasteiger partial charge in [-0.05, 0) is 24.6 Å². The van der Waals surface area contributed by atoms with Crippen LogP contribution in [0.2, 0.25) is 5.02 Å². The first-order valence-electron chi connectivity index (χ1n) is 4.27. The van der Waals surface area contributed by atoms with Crippen molar-refractivity contribution in [2.75, 3.05) is 0 Å². The highest BCUT2D eigenvalue weighted by Crippen LogP contribution is 2.27. The number of nitro groups is 1. The average molecular weight is 242 g/mol. The lowest BCUT2D eigenvalue weighted by molar-refractivity contribution is -0.385. The summed E-state index contributed by atoms with van der Waals surface area (Å²) < 4.78 is 0. The van der Waals surface area contributed by atoms with E-state index >= 15 is 0 Å². The maximum atomic E-state index is 10.7. The molecule has 0 saturated heterocycles. The van der Waals surface area contributed by atoms with Gasteiger partial charge in [-0.3, -0.25) is 10.1 Å². The van der Waals surface area contributed by atoms with E-state index in [9.17, 15) is 14.9 Å². The molecule has 0 aliphatic heterocycles. The van der Waals surface area contributed by atoms with Crippen LogP contribution in [0, 0.1) is 17.0 Å². The number of aliphatic carboxylic acids is 1. The smallest absolute Gasteiger partial charge is 0.328 e. The van der Waals surface area contributed by atoms with E-state index in [1.54, 1.807) is 6.92 Å². The number of aryl methyl sites for hydroxylation is 1. The summed E-state index contributed by atoms with van der Waals surface area (Å²) in [6.45, 7) is 1.68. The SMILES string of the molecule is Cc1cc(/C=C/C(=O)O)c([N+](=O)[O-])cc1Cl. The number of carboxylic acids is 1. The molecule has 0 aliphatic rings. The highest BCUT2D eigenvalue weighted by Gasteiger charge is 2.14. The molecule has 0 bridgehead atoms. The molecule has 0 aliphatic carbocycles. The van der Waals surface area contributed by atoms with Crippen molar-refractivity contribution >= 4 is 29.3 Å². The minimum atomic E-state index is -1.16. The molecule has 6 heteroatoms. The van der Waals surface area contributed by atoms with E-state index in [2.05, 4.69) is 0 Å². The summed E-state index contributed by atoms with van der Waals surface area (Å²) >= 11 is 5.75. The molecule has 0 heterocycles. The summed E-state index contributed by atoms with van der Waals surface area (Å²) in [5.41, 5.74) is 0.653. The second-order valence-electron chi connectivity index (χ2n) is 3.09. The predicted molar refractivity (Wildman–Crippen MR) is 59.5 cm³/mol. The number of benzene rings is 1. The predicted octanol–water partition coefficient (Wildman–Crippen LogP) is 2.65. The van der Waals surface area contributed by atoms with Gasteiger partial charge in [0.2, 0.25) is 0 Å². The largest absolute Gasteiger partial charge is 0.478 e. The fraction of sp³-hybridized carbons (Fsp3) is 0.100. The molecule has 0 aromatic heterocycles. The lowest BCUT2D eigenvalue weighted by atomic mass is 10.1. The topological polar surface area (TPSA) is 80.4 Å². The quantitative estimate of drug-likeness (QED) is 0.501. The molecule has 0 amide bonds. The Kier molecular flexibility index (Phi) is 3.63. The molecule has 0 radical (unpaired) electrons. The zero-order valence-electron chi connectivity index (χ0n) is 8.31. The maximum absolute atomic E-state index is 10.7. The van der Waals surface area contributed by atoms with Crippen molar-refractivity contribution in [1.29, 1.82) is 0 Å². The van der Waals surface area contributed by atoms with Gasteiger partial charge in [-0.25, -0.2) is 4.79 Å². The van der Waals surface area contributed by atoms with Gasteiger partial charge in [-0.2, -0.15) is 0 Å². The first-order chi connectivity index (χ1) is 7.41. The third-order valence-corrected chi connectivity index (χ3v) is 2.32. The van der Waals surface area contributed by atoms with E-state index < -0.39 is 10.9 Å². The third kappa shape index (κ3) is 2.80. The summed E-state index contributed by atoms with van der Waals surface area (Å²) in [7, 11) is 0. The van der Waals surface area contributed by atoms with Gasteiger partial charge >= 0.3 is 5.97 Å². The lowest BCUT2D eigenvalue weighted by Gasteiger charge is -2.01. The zero-order valence-corrected chi connectivity index (χ0v) is 9.06. The van der Waals surface area contributed by atoms with Crippen LogP contribution in [0.1, 0.15) is 11.1 Å². The number of carbonyl (C=O) groups is 1. The van der Waals surface area contributed by atoms with Gasteiger partial charge in [0, 0.05) is 12.1 Å². The van der Waals surface area contributed by atoms with Crippen molar-refractivity contribution < 1.29 is 14.8 Å². The maximum Gasteiger partial charge on any atom is 0.328 e. The summed E-state index contributed by atoms with van der Waals surface area (Å²) in [4.78, 5) is 20.4. The number of carboxylic acid groups (broad SMARTS) is 1. The van der Waals surface area contributed by atoms with Crippen molar-refractivity contribution in [1.82, 2.24) is 0 Å².